The van der Waals surface area contributed by atoms with Gasteiger partial charge < -0.3 is 5.11 Å². The van der Waals surface area contributed by atoms with Gasteiger partial charge in [0.15, 0.2) is 0 Å². The van der Waals surface area contributed by atoms with Crippen LogP contribution >= 0.6 is 0 Å². The van der Waals surface area contributed by atoms with Crippen molar-refractivity contribution in [2.75, 3.05) is 0 Å². The first-order valence-electron chi connectivity index (χ1n) is 6.61. The average molecular weight is 234 g/mol. The van der Waals surface area contributed by atoms with Gasteiger partial charge >= 0.3 is 0 Å². The van der Waals surface area contributed by atoms with E-state index in [1.54, 1.807) is 0 Å². The average Bonchev–Trinajstić information content (AvgIpc) is 2.33. The number of benzene rings is 1. The maximum absolute atomic E-state index is 8.90. The Balaban J connectivity index is 0.00000121. The topological polar surface area (TPSA) is 20.2 Å². The number of allylic oxidation sites excluding steroid dienone is 1. The van der Waals surface area contributed by atoms with Crippen LogP contribution in [0.5, 0.6) is 0 Å². The summed E-state index contributed by atoms with van der Waals surface area (Å²) in [5, 5.41) is 8.90. The SMILES string of the molecule is C=C(O)CCCCCc1ccc(C)cc1.CC. The van der Waals surface area contributed by atoms with E-state index in [0.29, 0.717) is 5.76 Å². The van der Waals surface area contributed by atoms with Crippen LogP contribution in [0.4, 0.5) is 0 Å². The van der Waals surface area contributed by atoms with Crippen molar-refractivity contribution in [3.05, 3.63) is 47.7 Å². The molecule has 1 aromatic rings. The quantitative estimate of drug-likeness (QED) is 0.530. The highest BCUT2D eigenvalue weighted by Gasteiger charge is 1.94. The number of aliphatic hydroxyl groups excluding tert-OH is 1. The fraction of sp³-hybridized carbons (Fsp3) is 0.500. The van der Waals surface area contributed by atoms with Crippen molar-refractivity contribution >= 4 is 0 Å². The number of hydrogen-bond donors (Lipinski definition) is 1. The van der Waals surface area contributed by atoms with Crippen molar-refractivity contribution in [1.29, 1.82) is 0 Å². The van der Waals surface area contributed by atoms with E-state index < -0.39 is 0 Å². The van der Waals surface area contributed by atoms with Crippen LogP contribution in [0.1, 0.15) is 50.7 Å². The predicted octanol–water partition coefficient (Wildman–Crippen LogP) is 5.20. The first kappa shape index (κ1) is 15.8. The second kappa shape index (κ2) is 9.95. The van der Waals surface area contributed by atoms with E-state index in [1.165, 1.54) is 17.5 Å². The van der Waals surface area contributed by atoms with E-state index in [9.17, 15) is 0 Å². The van der Waals surface area contributed by atoms with Crippen LogP contribution in [0, 0.1) is 6.92 Å². The molecular weight excluding hydrogens is 208 g/mol. The van der Waals surface area contributed by atoms with Gasteiger partial charge in [0.2, 0.25) is 0 Å². The second-order valence-electron chi connectivity index (χ2n) is 4.11. The minimum absolute atomic E-state index is 0.310. The summed E-state index contributed by atoms with van der Waals surface area (Å²) in [5.74, 6) is 0.310. The summed E-state index contributed by atoms with van der Waals surface area (Å²) in [5.41, 5.74) is 2.72. The molecule has 1 heteroatoms. The molecule has 96 valence electrons. The molecule has 1 aromatic carbocycles. The molecule has 0 bridgehead atoms. The van der Waals surface area contributed by atoms with Gasteiger partial charge in [-0.1, -0.05) is 56.7 Å². The molecule has 0 heterocycles. The zero-order chi connectivity index (χ0) is 13.1. The van der Waals surface area contributed by atoms with E-state index in [-0.39, 0.29) is 0 Å². The third-order valence-corrected chi connectivity index (χ3v) is 2.55. The molecule has 0 aliphatic carbocycles. The number of aryl methyl sites for hydroxylation is 2. The van der Waals surface area contributed by atoms with Crippen LogP contribution in [0.2, 0.25) is 0 Å². The largest absolute Gasteiger partial charge is 0.513 e. The second-order valence-corrected chi connectivity index (χ2v) is 4.11. The van der Waals surface area contributed by atoms with E-state index in [4.69, 9.17) is 5.11 Å². The smallest absolute Gasteiger partial charge is 0.0851 e. The molecule has 0 saturated heterocycles. The van der Waals surface area contributed by atoms with Crippen LogP contribution in [0.15, 0.2) is 36.6 Å². The molecule has 0 spiro atoms. The van der Waals surface area contributed by atoms with Crippen molar-refractivity contribution in [2.24, 2.45) is 0 Å². The molecule has 1 nitrogen and oxygen atoms in total. The Morgan fingerprint density at radius 3 is 2.18 bits per heavy atom. The molecule has 0 fully saturated rings. The summed E-state index contributed by atoms with van der Waals surface area (Å²) in [7, 11) is 0. The molecule has 0 unspecified atom stereocenters. The van der Waals surface area contributed by atoms with Gasteiger partial charge in [-0.15, -0.1) is 0 Å². The summed E-state index contributed by atoms with van der Waals surface area (Å²) in [4.78, 5) is 0. The maximum Gasteiger partial charge on any atom is 0.0851 e. The number of unbranched alkanes of at least 4 members (excludes halogenated alkanes) is 2. The number of hydrogen-bond acceptors (Lipinski definition) is 1. The fourth-order valence-corrected chi connectivity index (χ4v) is 1.59. The van der Waals surface area contributed by atoms with Crippen molar-refractivity contribution in [1.82, 2.24) is 0 Å². The molecule has 1 rings (SSSR count). The molecule has 17 heavy (non-hydrogen) atoms. The summed E-state index contributed by atoms with van der Waals surface area (Å²) in [6, 6.07) is 8.70. The molecule has 0 aromatic heterocycles. The minimum Gasteiger partial charge on any atom is -0.513 e. The van der Waals surface area contributed by atoms with Gasteiger partial charge in [-0.25, -0.2) is 0 Å². The summed E-state index contributed by atoms with van der Waals surface area (Å²) < 4.78 is 0. The number of aliphatic hydroxyl groups is 1. The molecule has 0 aliphatic rings. The summed E-state index contributed by atoms with van der Waals surface area (Å²) in [6.07, 6.45) is 5.27. The lowest BCUT2D eigenvalue weighted by atomic mass is 10.0. The summed E-state index contributed by atoms with van der Waals surface area (Å²) >= 11 is 0. The normalized spacial score (nSPS) is 9.35. The van der Waals surface area contributed by atoms with Crippen molar-refractivity contribution in [3.8, 4) is 0 Å². The van der Waals surface area contributed by atoms with E-state index in [1.807, 2.05) is 13.8 Å². The van der Waals surface area contributed by atoms with Gasteiger partial charge in [0.25, 0.3) is 0 Å². The van der Waals surface area contributed by atoms with Gasteiger partial charge in [0.05, 0.1) is 5.76 Å². The standard InChI is InChI=1S/C14H20O.C2H6/c1-12-8-10-14(11-9-12)7-5-3-4-6-13(2)15;1-2/h8-11,15H,2-7H2,1H3;1-2H3. The zero-order valence-electron chi connectivity index (χ0n) is 11.5. The first-order valence-corrected chi connectivity index (χ1v) is 6.61. The Hall–Kier alpha value is -1.24. The lowest BCUT2D eigenvalue weighted by Crippen LogP contribution is -1.87. The maximum atomic E-state index is 8.90. The third kappa shape index (κ3) is 8.56. The number of rotatable bonds is 6. The Morgan fingerprint density at radius 1 is 1.06 bits per heavy atom. The Labute approximate surface area is 106 Å². The fourth-order valence-electron chi connectivity index (χ4n) is 1.59. The zero-order valence-corrected chi connectivity index (χ0v) is 11.5. The molecule has 1 N–H and O–H groups in total. The van der Waals surface area contributed by atoms with Gasteiger partial charge in [0.1, 0.15) is 0 Å². The lowest BCUT2D eigenvalue weighted by molar-refractivity contribution is 0.384. The van der Waals surface area contributed by atoms with Crippen LogP contribution in [-0.4, -0.2) is 5.11 Å². The monoisotopic (exact) mass is 234 g/mol. The molecule has 0 aliphatic heterocycles. The Bertz CT molecular complexity index is 298. The van der Waals surface area contributed by atoms with E-state index in [0.717, 1.165) is 25.7 Å². The van der Waals surface area contributed by atoms with Gasteiger partial charge in [-0.05, 0) is 31.7 Å². The molecular formula is C16H26O. The summed E-state index contributed by atoms with van der Waals surface area (Å²) in [6.45, 7) is 9.58. The lowest BCUT2D eigenvalue weighted by Gasteiger charge is -2.02. The first-order chi connectivity index (χ1) is 8.18. The van der Waals surface area contributed by atoms with Gasteiger partial charge in [-0.2, -0.15) is 0 Å². The molecule has 0 atom stereocenters. The van der Waals surface area contributed by atoms with E-state index in [2.05, 4.69) is 37.8 Å². The molecule has 0 radical (unpaired) electrons. The molecule has 0 saturated carbocycles. The highest BCUT2D eigenvalue weighted by atomic mass is 16.3. The van der Waals surface area contributed by atoms with Gasteiger partial charge in [0, 0.05) is 6.42 Å². The predicted molar refractivity (Wildman–Crippen MR) is 76.5 cm³/mol. The van der Waals surface area contributed by atoms with E-state index >= 15 is 0 Å². The minimum atomic E-state index is 0.310. The van der Waals surface area contributed by atoms with Crippen LogP contribution < -0.4 is 0 Å². The van der Waals surface area contributed by atoms with Crippen LogP contribution in [0.25, 0.3) is 0 Å². The third-order valence-electron chi connectivity index (χ3n) is 2.55. The Morgan fingerprint density at radius 2 is 1.65 bits per heavy atom. The highest BCUT2D eigenvalue weighted by molar-refractivity contribution is 5.21. The van der Waals surface area contributed by atoms with Crippen molar-refractivity contribution in [2.45, 2.75) is 52.9 Å². The Kier molecular flexibility index (Phi) is 9.22. The molecule has 0 amide bonds. The van der Waals surface area contributed by atoms with Crippen molar-refractivity contribution in [3.63, 3.8) is 0 Å². The van der Waals surface area contributed by atoms with Gasteiger partial charge in [-0.3, -0.25) is 0 Å². The van der Waals surface area contributed by atoms with Crippen LogP contribution in [-0.2, 0) is 6.42 Å². The highest BCUT2D eigenvalue weighted by Crippen LogP contribution is 2.10. The van der Waals surface area contributed by atoms with Crippen LogP contribution in [0.3, 0.4) is 0 Å². The van der Waals surface area contributed by atoms with Crippen molar-refractivity contribution < 1.29 is 5.11 Å².